The number of hydrogen-bond acceptors (Lipinski definition) is 9. The van der Waals surface area contributed by atoms with Gasteiger partial charge in [0.25, 0.3) is 11.8 Å². The number of nitrogens with zero attached hydrogens (tertiary/aromatic N) is 3. The number of hydrogen-bond donors (Lipinski definition) is 3. The second-order valence-corrected chi connectivity index (χ2v) is 15.3. The van der Waals surface area contributed by atoms with Crippen molar-refractivity contribution in [2.75, 3.05) is 23.5 Å². The summed E-state index contributed by atoms with van der Waals surface area (Å²) in [7, 11) is 0. The third-order valence-electron chi connectivity index (χ3n) is 11.5. The zero-order chi connectivity index (χ0) is 41.3. The SMILES string of the molecule is O=C(O)c1cccc(N2C(=O)C3CC=C4C(CC5C(=O)N(Nc6ncc(C(F)(F)F)cc6Cl)C(=O)C5(c5ccc(Cl)cc5)C4c4ccc(OCCO)cc4)C3C2=O)c1. The molecular weight excluding hydrogens is 804 g/mol. The van der Waals surface area contributed by atoms with Crippen LogP contribution < -0.4 is 15.1 Å². The molecule has 4 aromatic rings. The molecule has 6 unspecified atom stereocenters. The van der Waals surface area contributed by atoms with Crippen LogP contribution in [0.2, 0.25) is 10.0 Å². The molecule has 3 N–H and O–H groups in total. The van der Waals surface area contributed by atoms with Crippen LogP contribution in [0.5, 0.6) is 5.75 Å². The summed E-state index contributed by atoms with van der Waals surface area (Å²) in [6, 6.07) is 19.1. The number of anilines is 2. The molecule has 0 radical (unpaired) electrons. The maximum atomic E-state index is 15.3. The lowest BCUT2D eigenvalue weighted by Gasteiger charge is -2.50. The highest BCUT2D eigenvalue weighted by Crippen LogP contribution is 2.64. The minimum absolute atomic E-state index is 0.00598. The number of alkyl halides is 3. The van der Waals surface area contributed by atoms with E-state index in [1.165, 1.54) is 24.3 Å². The summed E-state index contributed by atoms with van der Waals surface area (Å²) in [5, 5.41) is 19.5. The summed E-state index contributed by atoms with van der Waals surface area (Å²) in [5.74, 6) is -8.80. The number of carboxylic acid groups (broad SMARTS) is 1. The highest BCUT2D eigenvalue weighted by atomic mass is 35.5. The van der Waals surface area contributed by atoms with Crippen molar-refractivity contribution >= 4 is 64.3 Å². The molecule has 3 heterocycles. The zero-order valence-electron chi connectivity index (χ0n) is 30.0. The number of hydrazine groups is 1. The van der Waals surface area contributed by atoms with Crippen molar-refractivity contribution in [2.24, 2.45) is 23.7 Å². The van der Waals surface area contributed by atoms with Crippen molar-refractivity contribution in [1.29, 1.82) is 0 Å². The molecule has 298 valence electrons. The molecule has 0 spiro atoms. The van der Waals surface area contributed by atoms with Crippen molar-refractivity contribution in [3.05, 3.63) is 129 Å². The number of halogens is 5. The number of benzene rings is 3. The Hall–Kier alpha value is -5.77. The van der Waals surface area contributed by atoms with Gasteiger partial charge in [-0.3, -0.25) is 29.5 Å². The summed E-state index contributed by atoms with van der Waals surface area (Å²) in [4.78, 5) is 75.4. The number of aliphatic hydroxyl groups excluding tert-OH is 1. The Balaban J connectivity index is 1.29. The first-order valence-corrected chi connectivity index (χ1v) is 18.8. The van der Waals surface area contributed by atoms with Gasteiger partial charge < -0.3 is 14.9 Å². The third-order valence-corrected chi connectivity index (χ3v) is 12.0. The number of carbonyl (C=O) groups excluding carboxylic acids is 4. The molecule has 2 saturated heterocycles. The smallest absolute Gasteiger partial charge is 0.417 e. The van der Waals surface area contributed by atoms with E-state index in [4.69, 9.17) is 27.9 Å². The Bertz CT molecular complexity index is 2410. The van der Waals surface area contributed by atoms with Crippen LogP contribution in [0.15, 0.2) is 96.7 Å². The number of allylic oxidation sites excluding steroid dienone is 2. The van der Waals surface area contributed by atoms with E-state index in [0.717, 1.165) is 4.90 Å². The molecule has 1 saturated carbocycles. The van der Waals surface area contributed by atoms with Gasteiger partial charge in [0.05, 0.1) is 51.6 Å². The lowest BCUT2D eigenvalue weighted by atomic mass is 9.49. The van der Waals surface area contributed by atoms with E-state index < -0.39 is 87.2 Å². The third kappa shape index (κ3) is 6.19. The molecule has 2 aliphatic carbocycles. The fourth-order valence-electron chi connectivity index (χ4n) is 9.11. The number of aromatic carboxylic acids is 1. The Morgan fingerprint density at radius 1 is 0.948 bits per heavy atom. The van der Waals surface area contributed by atoms with Gasteiger partial charge in [-0.05, 0) is 78.4 Å². The summed E-state index contributed by atoms with van der Waals surface area (Å²) < 4.78 is 46.1. The summed E-state index contributed by atoms with van der Waals surface area (Å²) >= 11 is 12.6. The maximum absolute atomic E-state index is 15.3. The first kappa shape index (κ1) is 39.1. The molecule has 58 heavy (non-hydrogen) atoms. The van der Waals surface area contributed by atoms with Crippen LogP contribution >= 0.6 is 23.2 Å². The molecular formula is C41H31Cl2F3N4O8. The van der Waals surface area contributed by atoms with Crippen LogP contribution in [0.4, 0.5) is 24.7 Å². The average Bonchev–Trinajstić information content (AvgIpc) is 3.58. The van der Waals surface area contributed by atoms with Crippen LogP contribution in [-0.2, 0) is 30.8 Å². The molecule has 1 aromatic heterocycles. The number of pyridine rings is 1. The maximum Gasteiger partial charge on any atom is 0.417 e. The van der Waals surface area contributed by atoms with Gasteiger partial charge in [0, 0.05) is 17.1 Å². The summed E-state index contributed by atoms with van der Waals surface area (Å²) in [6.07, 6.45) is -2.46. The predicted molar refractivity (Wildman–Crippen MR) is 202 cm³/mol. The highest BCUT2D eigenvalue weighted by molar-refractivity contribution is 6.33. The second-order valence-electron chi connectivity index (χ2n) is 14.4. The molecule has 0 bridgehead atoms. The monoisotopic (exact) mass is 834 g/mol. The van der Waals surface area contributed by atoms with Crippen LogP contribution in [0.1, 0.15) is 45.8 Å². The number of ether oxygens (including phenoxy) is 1. The number of nitrogens with one attached hydrogen (secondary N) is 1. The van der Waals surface area contributed by atoms with Crippen molar-refractivity contribution in [3.63, 3.8) is 0 Å². The largest absolute Gasteiger partial charge is 0.491 e. The minimum atomic E-state index is -4.77. The van der Waals surface area contributed by atoms with Crippen LogP contribution in [-0.4, -0.2) is 63.0 Å². The number of fused-ring (bicyclic) bond motifs is 4. The van der Waals surface area contributed by atoms with Gasteiger partial charge in [0.1, 0.15) is 12.4 Å². The molecule has 4 aliphatic rings. The lowest BCUT2D eigenvalue weighted by Crippen LogP contribution is -2.53. The summed E-state index contributed by atoms with van der Waals surface area (Å²) in [6.45, 7) is -0.240. The van der Waals surface area contributed by atoms with Gasteiger partial charge in [-0.15, -0.1) is 0 Å². The molecule has 6 atom stereocenters. The van der Waals surface area contributed by atoms with Gasteiger partial charge >= 0.3 is 12.1 Å². The van der Waals surface area contributed by atoms with E-state index in [-0.39, 0.29) is 37.3 Å². The molecule has 2 aliphatic heterocycles. The van der Waals surface area contributed by atoms with Gasteiger partial charge in [0.2, 0.25) is 11.8 Å². The number of amides is 4. The van der Waals surface area contributed by atoms with Crippen LogP contribution in [0.3, 0.4) is 0 Å². The quantitative estimate of drug-likeness (QED) is 0.123. The fourth-order valence-corrected chi connectivity index (χ4v) is 9.44. The first-order chi connectivity index (χ1) is 27.7. The van der Waals surface area contributed by atoms with Gasteiger partial charge in [0.15, 0.2) is 5.82 Å². The topological polar surface area (TPSA) is 166 Å². The first-order valence-electron chi connectivity index (χ1n) is 18.0. The van der Waals surface area contributed by atoms with Crippen molar-refractivity contribution in [2.45, 2.75) is 30.4 Å². The average molecular weight is 836 g/mol. The van der Waals surface area contributed by atoms with E-state index >= 15 is 4.79 Å². The van der Waals surface area contributed by atoms with Gasteiger partial charge in [-0.2, -0.15) is 18.2 Å². The molecule has 4 amide bonds. The van der Waals surface area contributed by atoms with Crippen molar-refractivity contribution in [1.82, 2.24) is 9.99 Å². The zero-order valence-corrected chi connectivity index (χ0v) is 31.5. The molecule has 3 aromatic carbocycles. The predicted octanol–water partition coefficient (Wildman–Crippen LogP) is 6.67. The van der Waals surface area contributed by atoms with Crippen LogP contribution in [0.25, 0.3) is 0 Å². The number of aliphatic hydroxyl groups is 1. The normalized spacial score (nSPS) is 25.3. The van der Waals surface area contributed by atoms with Crippen molar-refractivity contribution < 1.29 is 52.1 Å². The Morgan fingerprint density at radius 2 is 1.67 bits per heavy atom. The molecule has 17 heteroatoms. The van der Waals surface area contributed by atoms with E-state index in [0.29, 0.717) is 44.7 Å². The van der Waals surface area contributed by atoms with Gasteiger partial charge in [-0.1, -0.05) is 65.2 Å². The number of rotatable bonds is 9. The molecule has 8 rings (SSSR count). The Labute approximate surface area is 337 Å². The number of carbonyl (C=O) groups is 5. The van der Waals surface area contributed by atoms with Crippen LogP contribution in [0, 0.1) is 23.7 Å². The second kappa shape index (κ2) is 14.6. The molecule has 12 nitrogen and oxygen atoms in total. The Kier molecular flexibility index (Phi) is 9.81. The highest BCUT2D eigenvalue weighted by Gasteiger charge is 2.70. The lowest BCUT2D eigenvalue weighted by molar-refractivity contribution is -0.139. The van der Waals surface area contributed by atoms with E-state index in [2.05, 4.69) is 10.4 Å². The Morgan fingerprint density at radius 3 is 2.33 bits per heavy atom. The number of aromatic nitrogens is 1. The minimum Gasteiger partial charge on any atom is -0.491 e. The van der Waals surface area contributed by atoms with E-state index in [9.17, 15) is 42.6 Å². The number of carboxylic acids is 1. The fraction of sp³-hybridized carbons (Fsp3) is 0.268. The van der Waals surface area contributed by atoms with E-state index in [1.54, 1.807) is 48.5 Å². The van der Waals surface area contributed by atoms with Gasteiger partial charge in [-0.25, -0.2) is 9.78 Å². The van der Waals surface area contributed by atoms with Crippen molar-refractivity contribution in [3.8, 4) is 5.75 Å². The standard InChI is InChI=1S/C41H31Cl2F3N4O8/c42-24-8-6-22(7-9-24)40-30(36(53)50(39(40)57)48-34-31(43)17-23(19-47-34)41(44,45)46)18-29-27(33(40)20-4-10-26(11-5-20)58-15-14-51)12-13-28-32(29)37(54)49(35(28)52)25-3-1-2-21(16-25)38(55)56/h1-12,16-17,19,28-30,32-33,51H,13-15,18H2,(H,47,48)(H,55,56). The molecule has 3 fully saturated rings. The number of imide groups is 2. The van der Waals surface area contributed by atoms with E-state index in [1.807, 2.05) is 6.08 Å². The summed E-state index contributed by atoms with van der Waals surface area (Å²) in [5.41, 5.74) is 1.16.